The first-order valence-electron chi connectivity index (χ1n) is 11.4. The summed E-state index contributed by atoms with van der Waals surface area (Å²) in [4.78, 5) is 27.5. The molecule has 8 nitrogen and oxygen atoms in total. The van der Waals surface area contributed by atoms with Crippen LogP contribution >= 0.6 is 0 Å². The SMILES string of the molecule is CNC[C@@H]1Oc2ccc(NC(=O)NC3CCCCC3)cc2C(=O)N([C@@H](C)CO)C[C@H]1C. The molecule has 0 bridgehead atoms. The van der Waals surface area contributed by atoms with E-state index < -0.39 is 0 Å². The minimum absolute atomic E-state index is 0.0811. The van der Waals surface area contributed by atoms with Crippen molar-refractivity contribution >= 4 is 17.6 Å². The molecule has 2 aliphatic rings. The second-order valence-corrected chi connectivity index (χ2v) is 8.82. The first-order chi connectivity index (χ1) is 14.9. The van der Waals surface area contributed by atoms with Crippen molar-refractivity contribution in [3.63, 3.8) is 0 Å². The monoisotopic (exact) mass is 432 g/mol. The van der Waals surface area contributed by atoms with E-state index in [1.807, 2.05) is 20.9 Å². The minimum atomic E-state index is -0.317. The summed E-state index contributed by atoms with van der Waals surface area (Å²) in [6.45, 7) is 4.88. The Labute approximate surface area is 184 Å². The first-order valence-corrected chi connectivity index (χ1v) is 11.4. The van der Waals surface area contributed by atoms with Crippen LogP contribution in [0.1, 0.15) is 56.3 Å². The number of urea groups is 1. The highest BCUT2D eigenvalue weighted by Gasteiger charge is 2.32. The van der Waals surface area contributed by atoms with Crippen molar-refractivity contribution in [2.45, 2.75) is 64.1 Å². The van der Waals surface area contributed by atoms with E-state index in [9.17, 15) is 14.7 Å². The van der Waals surface area contributed by atoms with Gasteiger partial charge < -0.3 is 30.7 Å². The summed E-state index contributed by atoms with van der Waals surface area (Å²) in [5.74, 6) is 0.366. The Bertz CT molecular complexity index is 766. The molecule has 0 spiro atoms. The fourth-order valence-electron chi connectivity index (χ4n) is 4.34. The van der Waals surface area contributed by atoms with Gasteiger partial charge in [0, 0.05) is 30.7 Å². The Balaban J connectivity index is 1.82. The van der Waals surface area contributed by atoms with Gasteiger partial charge in [0.25, 0.3) is 5.91 Å². The molecule has 3 rings (SSSR count). The van der Waals surface area contributed by atoms with Gasteiger partial charge in [-0.1, -0.05) is 26.2 Å². The van der Waals surface area contributed by atoms with Crippen LogP contribution in [0.15, 0.2) is 18.2 Å². The maximum Gasteiger partial charge on any atom is 0.319 e. The molecule has 1 aromatic rings. The summed E-state index contributed by atoms with van der Waals surface area (Å²) in [5.41, 5.74) is 0.933. The van der Waals surface area contributed by atoms with Gasteiger partial charge in [0.05, 0.1) is 18.2 Å². The summed E-state index contributed by atoms with van der Waals surface area (Å²) >= 11 is 0. The van der Waals surface area contributed by atoms with E-state index in [1.165, 1.54) is 6.42 Å². The molecule has 0 aromatic heterocycles. The quantitative estimate of drug-likeness (QED) is 0.553. The molecule has 172 valence electrons. The molecule has 3 amide bonds. The molecular weight excluding hydrogens is 396 g/mol. The molecule has 4 N–H and O–H groups in total. The Morgan fingerprint density at radius 3 is 2.71 bits per heavy atom. The summed E-state index contributed by atoms with van der Waals surface area (Å²) in [6.07, 6.45) is 5.38. The second-order valence-electron chi connectivity index (χ2n) is 8.82. The molecule has 3 atom stereocenters. The third-order valence-electron chi connectivity index (χ3n) is 6.27. The van der Waals surface area contributed by atoms with Gasteiger partial charge in [0.15, 0.2) is 0 Å². The zero-order chi connectivity index (χ0) is 22.4. The van der Waals surface area contributed by atoms with Gasteiger partial charge in [-0.15, -0.1) is 0 Å². The molecule has 0 radical (unpaired) electrons. The molecule has 0 unspecified atom stereocenters. The topological polar surface area (TPSA) is 103 Å². The highest BCUT2D eigenvalue weighted by molar-refractivity contribution is 5.99. The van der Waals surface area contributed by atoms with Crippen LogP contribution in [-0.4, -0.2) is 66.9 Å². The van der Waals surface area contributed by atoms with E-state index in [2.05, 4.69) is 16.0 Å². The Kier molecular flexibility index (Phi) is 8.15. The maximum absolute atomic E-state index is 13.3. The second kappa shape index (κ2) is 10.8. The van der Waals surface area contributed by atoms with Crippen molar-refractivity contribution in [2.24, 2.45) is 5.92 Å². The van der Waals surface area contributed by atoms with Gasteiger partial charge in [-0.3, -0.25) is 4.79 Å². The van der Waals surface area contributed by atoms with Crippen molar-refractivity contribution in [3.8, 4) is 5.75 Å². The predicted molar refractivity (Wildman–Crippen MR) is 121 cm³/mol. The number of carbonyl (C=O) groups is 2. The standard InChI is InChI=1S/C23H36N4O4/c1-15-13-27(16(2)14-28)22(29)19-11-18(9-10-20(19)31-21(15)12-24-3)26-23(30)25-17-7-5-4-6-8-17/h9-11,15-17,21,24,28H,4-8,12-14H2,1-3H3,(H2,25,26,30)/t15-,16+,21+/m1/s1. The Hall–Kier alpha value is -2.32. The number of amides is 3. The van der Waals surface area contributed by atoms with Crippen molar-refractivity contribution in [3.05, 3.63) is 23.8 Å². The van der Waals surface area contributed by atoms with Gasteiger partial charge in [-0.25, -0.2) is 4.79 Å². The lowest BCUT2D eigenvalue weighted by molar-refractivity contribution is 0.0416. The number of aliphatic hydroxyl groups is 1. The van der Waals surface area contributed by atoms with Gasteiger partial charge in [-0.2, -0.15) is 0 Å². The fourth-order valence-corrected chi connectivity index (χ4v) is 4.34. The summed E-state index contributed by atoms with van der Waals surface area (Å²) in [5, 5.41) is 18.7. The highest BCUT2D eigenvalue weighted by Crippen LogP contribution is 2.30. The molecule has 0 saturated heterocycles. The number of fused-ring (bicyclic) bond motifs is 1. The first kappa shape index (κ1) is 23.3. The van der Waals surface area contributed by atoms with E-state index in [4.69, 9.17) is 4.74 Å². The van der Waals surface area contributed by atoms with E-state index in [1.54, 1.807) is 23.1 Å². The van der Waals surface area contributed by atoms with Gasteiger partial charge in [0.1, 0.15) is 11.9 Å². The molecule has 1 aliphatic carbocycles. The van der Waals surface area contributed by atoms with Gasteiger partial charge in [0.2, 0.25) is 0 Å². The lowest BCUT2D eigenvalue weighted by atomic mass is 9.96. The summed E-state index contributed by atoms with van der Waals surface area (Å²) in [6, 6.07) is 4.80. The maximum atomic E-state index is 13.3. The summed E-state index contributed by atoms with van der Waals surface area (Å²) in [7, 11) is 1.87. The van der Waals surface area contributed by atoms with Crippen molar-refractivity contribution < 1.29 is 19.4 Å². The number of likely N-dealkylation sites (N-methyl/N-ethyl adjacent to an activating group) is 1. The van der Waals surface area contributed by atoms with Crippen molar-refractivity contribution in [1.82, 2.24) is 15.5 Å². The zero-order valence-electron chi connectivity index (χ0n) is 18.8. The van der Waals surface area contributed by atoms with Crippen LogP contribution in [0.5, 0.6) is 5.75 Å². The predicted octanol–water partition coefficient (Wildman–Crippen LogP) is 2.58. The number of hydrogen-bond acceptors (Lipinski definition) is 5. The molecular formula is C23H36N4O4. The number of hydrogen-bond donors (Lipinski definition) is 4. The van der Waals surface area contributed by atoms with E-state index in [0.29, 0.717) is 30.1 Å². The highest BCUT2D eigenvalue weighted by atomic mass is 16.5. The smallest absolute Gasteiger partial charge is 0.319 e. The third kappa shape index (κ3) is 5.89. The molecule has 1 aliphatic heterocycles. The lowest BCUT2D eigenvalue weighted by Gasteiger charge is -2.37. The minimum Gasteiger partial charge on any atom is -0.488 e. The summed E-state index contributed by atoms with van der Waals surface area (Å²) < 4.78 is 6.20. The number of rotatable bonds is 6. The van der Waals surface area contributed by atoms with E-state index >= 15 is 0 Å². The third-order valence-corrected chi connectivity index (χ3v) is 6.27. The van der Waals surface area contributed by atoms with Crippen LogP contribution in [0.4, 0.5) is 10.5 Å². The number of nitrogens with one attached hydrogen (secondary N) is 3. The number of ether oxygens (including phenoxy) is 1. The van der Waals surface area contributed by atoms with Crippen LogP contribution in [-0.2, 0) is 0 Å². The molecule has 31 heavy (non-hydrogen) atoms. The van der Waals surface area contributed by atoms with Crippen LogP contribution in [0.25, 0.3) is 0 Å². The average molecular weight is 433 g/mol. The number of aliphatic hydroxyl groups excluding tert-OH is 1. The fraction of sp³-hybridized carbons (Fsp3) is 0.652. The lowest BCUT2D eigenvalue weighted by Crippen LogP contribution is -2.49. The van der Waals surface area contributed by atoms with Crippen LogP contribution < -0.4 is 20.7 Å². The molecule has 8 heteroatoms. The number of benzene rings is 1. The van der Waals surface area contributed by atoms with Crippen LogP contribution in [0.2, 0.25) is 0 Å². The van der Waals surface area contributed by atoms with E-state index in [0.717, 1.165) is 25.7 Å². The largest absolute Gasteiger partial charge is 0.488 e. The van der Waals surface area contributed by atoms with Gasteiger partial charge in [-0.05, 0) is 45.0 Å². The van der Waals surface area contributed by atoms with Crippen molar-refractivity contribution in [1.29, 1.82) is 0 Å². The van der Waals surface area contributed by atoms with E-state index in [-0.39, 0.29) is 42.7 Å². The van der Waals surface area contributed by atoms with Crippen LogP contribution in [0, 0.1) is 5.92 Å². The zero-order valence-corrected chi connectivity index (χ0v) is 18.8. The average Bonchev–Trinajstić information content (AvgIpc) is 2.76. The van der Waals surface area contributed by atoms with Crippen molar-refractivity contribution in [2.75, 3.05) is 32.1 Å². The number of carbonyl (C=O) groups excluding carboxylic acids is 2. The molecule has 1 aromatic carbocycles. The number of anilines is 1. The Morgan fingerprint density at radius 2 is 2.03 bits per heavy atom. The van der Waals surface area contributed by atoms with Gasteiger partial charge >= 0.3 is 6.03 Å². The normalized spacial score (nSPS) is 23.2. The number of nitrogens with zero attached hydrogens (tertiary/aromatic N) is 1. The van der Waals surface area contributed by atoms with Crippen LogP contribution in [0.3, 0.4) is 0 Å². The molecule has 1 saturated carbocycles. The molecule has 1 fully saturated rings. The Morgan fingerprint density at radius 1 is 1.29 bits per heavy atom. The molecule has 1 heterocycles.